The molecule has 2 N–H and O–H groups in total. The first-order chi connectivity index (χ1) is 15.7. The Hall–Kier alpha value is -3.38. The topological polar surface area (TPSA) is 67.4 Å². The van der Waals surface area contributed by atoms with Gasteiger partial charge in [0.15, 0.2) is 0 Å². The van der Waals surface area contributed by atoms with Crippen molar-refractivity contribution >= 4 is 29.2 Å². The minimum Gasteiger partial charge on any atom is -0.487 e. The SMILES string of the molecule is Cc1cccc(C(=O)N/C(=C\c2cccs2)C(=O)N[C@@H]2CC(C)(C)Oc3cc(C)ccc32)c1. The molecule has 170 valence electrons. The van der Waals surface area contributed by atoms with Crippen molar-refractivity contribution in [1.29, 1.82) is 0 Å². The Morgan fingerprint density at radius 1 is 1.06 bits per heavy atom. The normalized spacial score (nSPS) is 17.0. The molecule has 0 fully saturated rings. The maximum atomic E-state index is 13.4. The number of aryl methyl sites for hydroxylation is 2. The van der Waals surface area contributed by atoms with Crippen molar-refractivity contribution in [3.05, 3.63) is 92.8 Å². The number of carbonyl (C=O) groups excluding carboxylic acids is 2. The Balaban J connectivity index is 1.62. The highest BCUT2D eigenvalue weighted by Gasteiger charge is 2.35. The molecule has 3 aromatic rings. The molecule has 2 aromatic carbocycles. The van der Waals surface area contributed by atoms with Crippen LogP contribution in [0.15, 0.2) is 65.7 Å². The van der Waals surface area contributed by atoms with Crippen LogP contribution >= 0.6 is 11.3 Å². The number of fused-ring (bicyclic) bond motifs is 1. The van der Waals surface area contributed by atoms with Crippen molar-refractivity contribution in [3.63, 3.8) is 0 Å². The van der Waals surface area contributed by atoms with Gasteiger partial charge in [-0.25, -0.2) is 0 Å². The van der Waals surface area contributed by atoms with Crippen LogP contribution in [0.2, 0.25) is 0 Å². The van der Waals surface area contributed by atoms with Gasteiger partial charge < -0.3 is 15.4 Å². The van der Waals surface area contributed by atoms with E-state index >= 15 is 0 Å². The summed E-state index contributed by atoms with van der Waals surface area (Å²) in [4.78, 5) is 27.2. The van der Waals surface area contributed by atoms with Crippen LogP contribution < -0.4 is 15.4 Å². The third-order valence-corrected chi connectivity index (χ3v) is 6.35. The van der Waals surface area contributed by atoms with Crippen molar-refractivity contribution < 1.29 is 14.3 Å². The van der Waals surface area contributed by atoms with E-state index in [-0.39, 0.29) is 23.6 Å². The first-order valence-corrected chi connectivity index (χ1v) is 11.8. The lowest BCUT2D eigenvalue weighted by molar-refractivity contribution is -0.119. The van der Waals surface area contributed by atoms with Crippen LogP contribution in [0.3, 0.4) is 0 Å². The summed E-state index contributed by atoms with van der Waals surface area (Å²) in [5, 5.41) is 7.89. The highest BCUT2D eigenvalue weighted by molar-refractivity contribution is 7.10. The number of benzene rings is 2. The summed E-state index contributed by atoms with van der Waals surface area (Å²) >= 11 is 1.50. The lowest BCUT2D eigenvalue weighted by Gasteiger charge is -2.38. The van der Waals surface area contributed by atoms with Crippen LogP contribution in [0, 0.1) is 13.8 Å². The van der Waals surface area contributed by atoms with Gasteiger partial charge in [0.05, 0.1) is 6.04 Å². The fourth-order valence-corrected chi connectivity index (χ4v) is 4.64. The number of ether oxygens (including phenoxy) is 1. The van der Waals surface area contributed by atoms with Crippen LogP contribution in [0.4, 0.5) is 0 Å². The molecule has 2 amide bonds. The van der Waals surface area contributed by atoms with E-state index in [1.54, 1.807) is 18.2 Å². The third kappa shape index (κ3) is 5.52. The third-order valence-electron chi connectivity index (χ3n) is 5.53. The Morgan fingerprint density at radius 2 is 1.85 bits per heavy atom. The number of hydrogen-bond donors (Lipinski definition) is 2. The minimum atomic E-state index is -0.429. The molecule has 0 unspecified atom stereocenters. The van der Waals surface area contributed by atoms with Gasteiger partial charge in [-0.3, -0.25) is 9.59 Å². The van der Waals surface area contributed by atoms with Crippen LogP contribution in [-0.4, -0.2) is 17.4 Å². The maximum absolute atomic E-state index is 13.4. The average molecular weight is 461 g/mol. The summed E-state index contributed by atoms with van der Waals surface area (Å²) in [5.41, 5.74) is 3.30. The van der Waals surface area contributed by atoms with E-state index in [2.05, 4.69) is 10.6 Å². The van der Waals surface area contributed by atoms with E-state index < -0.39 is 5.60 Å². The van der Waals surface area contributed by atoms with Gasteiger partial charge in [0.25, 0.3) is 11.8 Å². The fourth-order valence-electron chi connectivity index (χ4n) is 3.98. The molecule has 4 rings (SSSR count). The van der Waals surface area contributed by atoms with E-state index in [0.717, 1.165) is 27.3 Å². The first kappa shape index (κ1) is 22.8. The number of thiophene rings is 1. The molecule has 5 nitrogen and oxygen atoms in total. The lowest BCUT2D eigenvalue weighted by atomic mass is 9.89. The van der Waals surface area contributed by atoms with E-state index in [1.165, 1.54) is 11.3 Å². The number of carbonyl (C=O) groups is 2. The van der Waals surface area contributed by atoms with Gasteiger partial charge in [0.1, 0.15) is 17.0 Å². The van der Waals surface area contributed by atoms with Crippen LogP contribution in [0.25, 0.3) is 6.08 Å². The van der Waals surface area contributed by atoms with Gasteiger partial charge in [-0.1, -0.05) is 35.9 Å². The standard InChI is InChI=1S/C27H28N2O3S/c1-17-7-5-8-19(13-17)25(30)28-22(15-20-9-6-12-33-20)26(31)29-23-16-27(3,4)32-24-14-18(2)10-11-21(23)24/h5-15,23H,16H2,1-4H3,(H,28,30)(H,29,31)/b22-15-/t23-/m1/s1. The lowest BCUT2D eigenvalue weighted by Crippen LogP contribution is -2.43. The van der Waals surface area contributed by atoms with Crippen molar-refractivity contribution in [2.24, 2.45) is 0 Å². The summed E-state index contributed by atoms with van der Waals surface area (Å²) < 4.78 is 6.16. The van der Waals surface area contributed by atoms with E-state index in [0.29, 0.717) is 12.0 Å². The smallest absolute Gasteiger partial charge is 0.268 e. The molecule has 0 aliphatic carbocycles. The molecule has 0 bridgehead atoms. The van der Waals surface area contributed by atoms with Gasteiger partial charge in [0.2, 0.25) is 0 Å². The van der Waals surface area contributed by atoms with Gasteiger partial charge >= 0.3 is 0 Å². The molecule has 1 aliphatic heterocycles. The molecule has 1 aromatic heterocycles. The van der Waals surface area contributed by atoms with E-state index in [4.69, 9.17) is 4.74 Å². The molecule has 0 radical (unpaired) electrons. The van der Waals surface area contributed by atoms with Gasteiger partial charge in [0, 0.05) is 22.4 Å². The molecular weight excluding hydrogens is 432 g/mol. The predicted octanol–water partition coefficient (Wildman–Crippen LogP) is 5.55. The zero-order valence-corrected chi connectivity index (χ0v) is 20.1. The van der Waals surface area contributed by atoms with Crippen molar-refractivity contribution in [2.45, 2.75) is 45.8 Å². The fraction of sp³-hybridized carbons (Fsp3) is 0.259. The number of nitrogens with one attached hydrogen (secondary N) is 2. The molecule has 0 saturated heterocycles. The quantitative estimate of drug-likeness (QED) is 0.490. The van der Waals surface area contributed by atoms with Gasteiger partial charge in [-0.05, 0) is 69.0 Å². The predicted molar refractivity (Wildman–Crippen MR) is 132 cm³/mol. The first-order valence-electron chi connectivity index (χ1n) is 10.9. The van der Waals surface area contributed by atoms with Crippen molar-refractivity contribution in [3.8, 4) is 5.75 Å². The summed E-state index contributed by atoms with van der Waals surface area (Å²) in [5.74, 6) is 0.128. The molecule has 0 spiro atoms. The molecule has 0 saturated carbocycles. The Labute approximate surface area is 198 Å². The molecule has 1 aliphatic rings. The van der Waals surface area contributed by atoms with Crippen molar-refractivity contribution in [1.82, 2.24) is 10.6 Å². The highest BCUT2D eigenvalue weighted by Crippen LogP contribution is 2.40. The molecule has 2 heterocycles. The zero-order valence-electron chi connectivity index (χ0n) is 19.3. The number of hydrogen-bond acceptors (Lipinski definition) is 4. The highest BCUT2D eigenvalue weighted by atomic mass is 32.1. The summed E-state index contributed by atoms with van der Waals surface area (Å²) in [6.45, 7) is 7.97. The Bertz CT molecular complexity index is 1210. The second-order valence-electron chi connectivity index (χ2n) is 9.03. The van der Waals surface area contributed by atoms with Gasteiger partial charge in [-0.2, -0.15) is 0 Å². The number of amides is 2. The Morgan fingerprint density at radius 3 is 2.58 bits per heavy atom. The van der Waals surface area contributed by atoms with E-state index in [1.807, 2.05) is 75.5 Å². The van der Waals surface area contributed by atoms with Gasteiger partial charge in [-0.15, -0.1) is 11.3 Å². The molecule has 33 heavy (non-hydrogen) atoms. The molecular formula is C27H28N2O3S. The maximum Gasteiger partial charge on any atom is 0.268 e. The number of rotatable bonds is 5. The second kappa shape index (κ2) is 9.24. The minimum absolute atomic E-state index is 0.210. The molecule has 6 heteroatoms. The largest absolute Gasteiger partial charge is 0.487 e. The van der Waals surface area contributed by atoms with Crippen LogP contribution in [0.1, 0.15) is 58.2 Å². The zero-order chi connectivity index (χ0) is 23.6. The van der Waals surface area contributed by atoms with Crippen LogP contribution in [-0.2, 0) is 4.79 Å². The second-order valence-corrected chi connectivity index (χ2v) is 10.0. The molecule has 1 atom stereocenters. The monoisotopic (exact) mass is 460 g/mol. The average Bonchev–Trinajstić information content (AvgIpc) is 3.25. The summed E-state index contributed by atoms with van der Waals surface area (Å²) in [6.07, 6.45) is 2.33. The summed E-state index contributed by atoms with van der Waals surface area (Å²) in [7, 11) is 0. The summed E-state index contributed by atoms with van der Waals surface area (Å²) in [6, 6.07) is 16.9. The van der Waals surface area contributed by atoms with Crippen molar-refractivity contribution in [2.75, 3.05) is 0 Å². The Kier molecular flexibility index (Phi) is 6.38. The van der Waals surface area contributed by atoms with Crippen LogP contribution in [0.5, 0.6) is 5.75 Å². The van der Waals surface area contributed by atoms with E-state index in [9.17, 15) is 9.59 Å².